The van der Waals surface area contributed by atoms with Crippen molar-refractivity contribution in [2.75, 3.05) is 5.32 Å². The monoisotopic (exact) mass is 397 g/mol. The van der Waals surface area contributed by atoms with Gasteiger partial charge in [0.2, 0.25) is 5.88 Å². The lowest BCUT2D eigenvalue weighted by Gasteiger charge is -2.10. The number of nitrogens with one attached hydrogen (secondary N) is 1. The van der Waals surface area contributed by atoms with Crippen LogP contribution < -0.4 is 10.1 Å². The van der Waals surface area contributed by atoms with Gasteiger partial charge in [0, 0.05) is 24.1 Å². The number of phenols is 1. The Hall–Kier alpha value is -4.19. The minimum absolute atomic E-state index is 0.0729. The Morgan fingerprint density at radius 1 is 0.933 bits per heavy atom. The molecule has 2 N–H and O–H groups in total. The maximum absolute atomic E-state index is 12.8. The smallest absolute Gasteiger partial charge is 0.259 e. The Morgan fingerprint density at radius 2 is 1.80 bits per heavy atom. The average molecular weight is 397 g/mol. The van der Waals surface area contributed by atoms with Gasteiger partial charge in [-0.1, -0.05) is 42.5 Å². The maximum atomic E-state index is 12.8. The van der Waals surface area contributed by atoms with Crippen LogP contribution >= 0.6 is 0 Å². The van der Waals surface area contributed by atoms with Gasteiger partial charge in [0.25, 0.3) is 5.91 Å². The fourth-order valence-corrected chi connectivity index (χ4v) is 3.00. The van der Waals surface area contributed by atoms with E-state index in [1.807, 2.05) is 36.4 Å². The van der Waals surface area contributed by atoms with Gasteiger partial charge in [0.1, 0.15) is 11.5 Å². The molecular weight excluding hydrogens is 378 g/mol. The van der Waals surface area contributed by atoms with Gasteiger partial charge < -0.3 is 15.2 Å². The van der Waals surface area contributed by atoms with Crippen LogP contribution in [-0.4, -0.2) is 21.0 Å². The molecular formula is C24H19N3O3. The zero-order valence-corrected chi connectivity index (χ0v) is 16.0. The first-order valence-corrected chi connectivity index (χ1v) is 9.38. The number of ether oxygens (including phenoxy) is 1. The van der Waals surface area contributed by atoms with Crippen LogP contribution in [0.1, 0.15) is 21.5 Å². The molecule has 0 atom stereocenters. The van der Waals surface area contributed by atoms with Crippen LogP contribution in [0.25, 0.3) is 0 Å². The Morgan fingerprint density at radius 3 is 2.60 bits per heavy atom. The number of carbonyl (C=O) groups excluding carboxylic acids is 1. The summed E-state index contributed by atoms with van der Waals surface area (Å²) >= 11 is 0. The third kappa shape index (κ3) is 4.80. The molecule has 0 aliphatic carbocycles. The van der Waals surface area contributed by atoms with E-state index in [0.29, 0.717) is 23.7 Å². The highest BCUT2D eigenvalue weighted by Crippen LogP contribution is 2.25. The zero-order valence-electron chi connectivity index (χ0n) is 16.0. The number of anilines is 1. The molecule has 0 radical (unpaired) electrons. The topological polar surface area (TPSA) is 84.3 Å². The molecule has 0 saturated carbocycles. The Kier molecular flexibility index (Phi) is 5.66. The van der Waals surface area contributed by atoms with E-state index in [-0.39, 0.29) is 11.3 Å². The van der Waals surface area contributed by atoms with Crippen LogP contribution in [0, 0.1) is 0 Å². The van der Waals surface area contributed by atoms with Crippen LogP contribution in [0.4, 0.5) is 5.69 Å². The number of hydrogen-bond acceptors (Lipinski definition) is 5. The first-order chi connectivity index (χ1) is 14.7. The lowest BCUT2D eigenvalue weighted by Crippen LogP contribution is -2.12. The third-order valence-electron chi connectivity index (χ3n) is 4.41. The molecule has 148 valence electrons. The van der Waals surface area contributed by atoms with E-state index in [4.69, 9.17) is 4.74 Å². The molecule has 6 heteroatoms. The third-order valence-corrected chi connectivity index (χ3v) is 4.41. The Bertz CT molecular complexity index is 1150. The summed E-state index contributed by atoms with van der Waals surface area (Å²) in [5.41, 5.74) is 2.81. The first kappa shape index (κ1) is 19.1. The SMILES string of the molecule is O=C(Nc1cccc(Oc2cnccn2)c1)c1cc(Cc2ccccc2)ccc1O. The maximum Gasteiger partial charge on any atom is 0.259 e. The summed E-state index contributed by atoms with van der Waals surface area (Å²) in [7, 11) is 0. The molecule has 0 saturated heterocycles. The number of benzene rings is 3. The molecule has 6 nitrogen and oxygen atoms in total. The Balaban J connectivity index is 1.50. The van der Waals surface area contributed by atoms with Gasteiger partial charge in [-0.2, -0.15) is 0 Å². The van der Waals surface area contributed by atoms with E-state index < -0.39 is 5.91 Å². The molecule has 0 spiro atoms. The minimum atomic E-state index is -0.404. The van der Waals surface area contributed by atoms with E-state index in [1.165, 1.54) is 12.4 Å². The molecule has 3 aromatic carbocycles. The number of nitrogens with zero attached hydrogens (tertiary/aromatic N) is 2. The summed E-state index contributed by atoms with van der Waals surface area (Å²) in [4.78, 5) is 20.8. The number of carbonyl (C=O) groups is 1. The number of rotatable bonds is 6. The summed E-state index contributed by atoms with van der Waals surface area (Å²) in [5, 5.41) is 13.0. The summed E-state index contributed by atoms with van der Waals surface area (Å²) in [6, 6.07) is 21.9. The van der Waals surface area contributed by atoms with Crippen molar-refractivity contribution >= 4 is 11.6 Å². The molecule has 4 rings (SSSR count). The van der Waals surface area contributed by atoms with Crippen molar-refractivity contribution < 1.29 is 14.6 Å². The van der Waals surface area contributed by atoms with Crippen LogP contribution in [0.2, 0.25) is 0 Å². The van der Waals surface area contributed by atoms with Gasteiger partial charge in [-0.25, -0.2) is 4.98 Å². The second-order valence-corrected chi connectivity index (χ2v) is 6.64. The predicted molar refractivity (Wildman–Crippen MR) is 114 cm³/mol. The molecule has 0 aliphatic rings. The predicted octanol–water partition coefficient (Wildman–Crippen LogP) is 4.82. The van der Waals surface area contributed by atoms with Crippen LogP contribution in [0.15, 0.2) is 91.4 Å². The lowest BCUT2D eigenvalue weighted by atomic mass is 10.0. The van der Waals surface area contributed by atoms with Gasteiger partial charge in [-0.05, 0) is 41.8 Å². The van der Waals surface area contributed by atoms with Crippen molar-refractivity contribution in [2.24, 2.45) is 0 Å². The second kappa shape index (κ2) is 8.87. The minimum Gasteiger partial charge on any atom is -0.507 e. The van der Waals surface area contributed by atoms with E-state index in [1.54, 1.807) is 42.6 Å². The fourth-order valence-electron chi connectivity index (χ4n) is 3.00. The molecule has 4 aromatic rings. The van der Waals surface area contributed by atoms with Crippen LogP contribution in [0.5, 0.6) is 17.4 Å². The van der Waals surface area contributed by atoms with Gasteiger partial charge in [-0.3, -0.25) is 9.78 Å². The first-order valence-electron chi connectivity index (χ1n) is 9.38. The van der Waals surface area contributed by atoms with Crippen molar-refractivity contribution in [3.63, 3.8) is 0 Å². The van der Waals surface area contributed by atoms with E-state index in [0.717, 1.165) is 11.1 Å². The number of aromatic nitrogens is 2. The Labute approximate surface area is 173 Å². The zero-order chi connectivity index (χ0) is 20.8. The molecule has 0 fully saturated rings. The van der Waals surface area contributed by atoms with Gasteiger partial charge in [0.05, 0.1) is 11.8 Å². The van der Waals surface area contributed by atoms with Gasteiger partial charge in [0.15, 0.2) is 0 Å². The van der Waals surface area contributed by atoms with Gasteiger partial charge in [-0.15, -0.1) is 0 Å². The highest BCUT2D eigenvalue weighted by Gasteiger charge is 2.13. The molecule has 0 bridgehead atoms. The molecule has 1 heterocycles. The van der Waals surface area contributed by atoms with Crippen LogP contribution in [0.3, 0.4) is 0 Å². The lowest BCUT2D eigenvalue weighted by molar-refractivity contribution is 0.102. The average Bonchev–Trinajstić information content (AvgIpc) is 2.77. The van der Waals surface area contributed by atoms with Crippen LogP contribution in [-0.2, 0) is 6.42 Å². The normalized spacial score (nSPS) is 10.4. The number of amides is 1. The summed E-state index contributed by atoms with van der Waals surface area (Å²) in [5.74, 6) is 0.387. The number of aromatic hydroxyl groups is 1. The summed E-state index contributed by atoms with van der Waals surface area (Å²) in [6.45, 7) is 0. The standard InChI is InChI=1S/C24H19N3O3/c28-22-10-9-18(13-17-5-2-1-3-6-17)14-21(22)24(29)27-19-7-4-8-20(15-19)30-23-16-25-11-12-26-23/h1-12,14-16,28H,13H2,(H,27,29). The molecule has 1 amide bonds. The van der Waals surface area contributed by atoms with Crippen molar-refractivity contribution in [1.82, 2.24) is 9.97 Å². The van der Waals surface area contributed by atoms with Crippen molar-refractivity contribution in [3.05, 3.63) is 108 Å². The quantitative estimate of drug-likeness (QED) is 0.487. The largest absolute Gasteiger partial charge is 0.507 e. The molecule has 30 heavy (non-hydrogen) atoms. The molecule has 0 aliphatic heterocycles. The second-order valence-electron chi connectivity index (χ2n) is 6.64. The number of hydrogen-bond donors (Lipinski definition) is 2. The highest BCUT2D eigenvalue weighted by atomic mass is 16.5. The fraction of sp³-hybridized carbons (Fsp3) is 0.0417. The van der Waals surface area contributed by atoms with E-state index >= 15 is 0 Å². The molecule has 0 unspecified atom stereocenters. The molecule has 1 aromatic heterocycles. The summed E-state index contributed by atoms with van der Waals surface area (Å²) < 4.78 is 5.64. The highest BCUT2D eigenvalue weighted by molar-refractivity contribution is 6.06. The van der Waals surface area contributed by atoms with Crippen molar-refractivity contribution in [2.45, 2.75) is 6.42 Å². The van der Waals surface area contributed by atoms with Crippen molar-refractivity contribution in [3.8, 4) is 17.4 Å². The van der Waals surface area contributed by atoms with Gasteiger partial charge >= 0.3 is 0 Å². The van der Waals surface area contributed by atoms with E-state index in [9.17, 15) is 9.90 Å². The summed E-state index contributed by atoms with van der Waals surface area (Å²) in [6.07, 6.45) is 5.26. The van der Waals surface area contributed by atoms with E-state index in [2.05, 4.69) is 15.3 Å². The van der Waals surface area contributed by atoms with Crippen molar-refractivity contribution in [1.29, 1.82) is 0 Å². The number of phenolic OH excluding ortho intramolecular Hbond substituents is 1.